The average Bonchev–Trinajstić information content (AvgIpc) is 2.62. The second-order valence-corrected chi connectivity index (χ2v) is 5.67. The number of hydrogen-bond acceptors (Lipinski definition) is 5. The fourth-order valence-corrected chi connectivity index (χ4v) is 2.67. The van der Waals surface area contributed by atoms with E-state index in [-0.39, 0.29) is 11.3 Å². The molecular formula is C17H13N3O4S. The molecule has 25 heavy (non-hydrogen) atoms. The second kappa shape index (κ2) is 7.17. The van der Waals surface area contributed by atoms with Gasteiger partial charge in [0.1, 0.15) is 23.3 Å². The Kier molecular flexibility index (Phi) is 4.79. The molecule has 0 aliphatic rings. The summed E-state index contributed by atoms with van der Waals surface area (Å²) < 4.78 is 33.1. The van der Waals surface area contributed by atoms with E-state index >= 15 is 0 Å². The van der Waals surface area contributed by atoms with E-state index in [0.29, 0.717) is 22.8 Å². The molecule has 1 unspecified atom stereocenters. The maximum atomic E-state index is 10.9. The predicted molar refractivity (Wildman–Crippen MR) is 93.9 cm³/mol. The molecular weight excluding hydrogens is 342 g/mol. The van der Waals surface area contributed by atoms with Crippen LogP contribution in [0.1, 0.15) is 5.56 Å². The largest absolute Gasteiger partial charge is 0.497 e. The second-order valence-electron chi connectivity index (χ2n) is 4.96. The Labute approximate surface area is 146 Å². The summed E-state index contributed by atoms with van der Waals surface area (Å²) >= 11 is -2.26. The topological polar surface area (TPSA) is 104 Å². The number of nitriles is 1. The van der Waals surface area contributed by atoms with Gasteiger partial charge < -0.3 is 9.47 Å². The first-order valence-corrected chi connectivity index (χ1v) is 8.23. The van der Waals surface area contributed by atoms with Crippen LogP contribution in [0.25, 0.3) is 10.9 Å². The van der Waals surface area contributed by atoms with Gasteiger partial charge in [0.25, 0.3) is 11.3 Å². The van der Waals surface area contributed by atoms with Crippen LogP contribution in [0.2, 0.25) is 0 Å². The maximum absolute atomic E-state index is 10.9. The van der Waals surface area contributed by atoms with Gasteiger partial charge in [-0.25, -0.2) is 4.21 Å². The molecule has 7 nitrogen and oxygen atoms in total. The maximum Gasteiger partial charge on any atom is 0.259 e. The monoisotopic (exact) mass is 355 g/mol. The van der Waals surface area contributed by atoms with Crippen LogP contribution in [0, 0.1) is 11.3 Å². The third kappa shape index (κ3) is 3.68. The minimum atomic E-state index is -2.26. The zero-order chi connectivity index (χ0) is 17.8. The van der Waals surface area contributed by atoms with Gasteiger partial charge in [0.2, 0.25) is 0 Å². The summed E-state index contributed by atoms with van der Waals surface area (Å²) in [5, 5.41) is 9.99. The van der Waals surface area contributed by atoms with Crippen LogP contribution in [0.3, 0.4) is 0 Å². The van der Waals surface area contributed by atoms with Gasteiger partial charge in [-0.1, -0.05) is 0 Å². The van der Waals surface area contributed by atoms with Crippen molar-refractivity contribution in [3.05, 3.63) is 54.2 Å². The molecule has 0 saturated heterocycles. The van der Waals surface area contributed by atoms with E-state index < -0.39 is 11.3 Å². The lowest BCUT2D eigenvalue weighted by molar-refractivity contribution is 0.415. The van der Waals surface area contributed by atoms with Crippen LogP contribution in [0.5, 0.6) is 17.2 Å². The van der Waals surface area contributed by atoms with Crippen molar-refractivity contribution in [3.63, 3.8) is 0 Å². The molecule has 1 heterocycles. The van der Waals surface area contributed by atoms with E-state index in [1.165, 1.54) is 12.1 Å². The van der Waals surface area contributed by atoms with Crippen LogP contribution >= 0.6 is 0 Å². The molecule has 0 spiro atoms. The summed E-state index contributed by atoms with van der Waals surface area (Å²) in [5.41, 5.74) is 1.16. The highest BCUT2D eigenvalue weighted by Crippen LogP contribution is 2.32. The van der Waals surface area contributed by atoms with Crippen molar-refractivity contribution < 1.29 is 18.2 Å². The fourth-order valence-electron chi connectivity index (χ4n) is 2.31. The molecule has 0 amide bonds. The standard InChI is InChI=1S/C17H13N3O4S/c1-23-12-2-4-14-16(9-12)19-7-6-17(14)24-13-3-5-15(20-25(21)22)11(8-13)10-18/h2-9,20H,1H3,(H,21,22). The van der Waals surface area contributed by atoms with Gasteiger partial charge in [0.05, 0.1) is 23.9 Å². The van der Waals surface area contributed by atoms with Crippen molar-refractivity contribution in [1.82, 2.24) is 4.98 Å². The quantitative estimate of drug-likeness (QED) is 0.679. The predicted octanol–water partition coefficient (Wildman–Crippen LogP) is 3.46. The lowest BCUT2D eigenvalue weighted by Gasteiger charge is -2.11. The lowest BCUT2D eigenvalue weighted by Crippen LogP contribution is -2.03. The van der Waals surface area contributed by atoms with Crippen molar-refractivity contribution in [3.8, 4) is 23.3 Å². The molecule has 3 aromatic rings. The fraction of sp³-hybridized carbons (Fsp3) is 0.0588. The molecule has 126 valence electrons. The highest BCUT2D eigenvalue weighted by atomic mass is 32.2. The number of fused-ring (bicyclic) bond motifs is 1. The summed E-state index contributed by atoms with van der Waals surface area (Å²) in [7, 11) is 1.58. The van der Waals surface area contributed by atoms with Crippen LogP contribution in [0.4, 0.5) is 5.69 Å². The van der Waals surface area contributed by atoms with Gasteiger partial charge in [-0.3, -0.25) is 14.3 Å². The highest BCUT2D eigenvalue weighted by molar-refractivity contribution is 7.80. The van der Waals surface area contributed by atoms with Crippen molar-refractivity contribution >= 4 is 27.9 Å². The zero-order valence-corrected chi connectivity index (χ0v) is 13.9. The lowest BCUT2D eigenvalue weighted by atomic mass is 10.2. The Morgan fingerprint density at radius 2 is 2.00 bits per heavy atom. The molecule has 0 bridgehead atoms. The summed E-state index contributed by atoms with van der Waals surface area (Å²) in [6, 6.07) is 13.7. The van der Waals surface area contributed by atoms with Crippen molar-refractivity contribution in [2.75, 3.05) is 11.8 Å². The molecule has 0 aliphatic carbocycles. The van der Waals surface area contributed by atoms with Gasteiger partial charge in [0, 0.05) is 23.7 Å². The molecule has 0 saturated carbocycles. The molecule has 8 heteroatoms. The first-order valence-electron chi connectivity index (χ1n) is 7.13. The number of nitrogens with one attached hydrogen (secondary N) is 1. The molecule has 3 rings (SSSR count). The molecule has 0 fully saturated rings. The van der Waals surface area contributed by atoms with Gasteiger partial charge in [-0.15, -0.1) is 0 Å². The van der Waals surface area contributed by atoms with Crippen LogP contribution in [-0.2, 0) is 11.3 Å². The summed E-state index contributed by atoms with van der Waals surface area (Å²) in [5.74, 6) is 1.69. The van der Waals surface area contributed by atoms with E-state index in [9.17, 15) is 9.47 Å². The smallest absolute Gasteiger partial charge is 0.259 e. The van der Waals surface area contributed by atoms with Crippen molar-refractivity contribution in [2.24, 2.45) is 0 Å². The molecule has 2 N–H and O–H groups in total. The number of anilines is 1. The van der Waals surface area contributed by atoms with Crippen LogP contribution in [-0.4, -0.2) is 20.9 Å². The molecule has 0 aliphatic heterocycles. The van der Waals surface area contributed by atoms with Crippen LogP contribution < -0.4 is 14.2 Å². The zero-order valence-electron chi connectivity index (χ0n) is 13.1. The van der Waals surface area contributed by atoms with E-state index in [1.807, 2.05) is 12.1 Å². The number of rotatable bonds is 5. The summed E-state index contributed by atoms with van der Waals surface area (Å²) in [4.78, 5) is 4.29. The number of hydrogen-bond donors (Lipinski definition) is 2. The van der Waals surface area contributed by atoms with Gasteiger partial charge >= 0.3 is 0 Å². The van der Waals surface area contributed by atoms with E-state index in [4.69, 9.17) is 14.0 Å². The number of pyridine rings is 1. The highest BCUT2D eigenvalue weighted by Gasteiger charge is 2.09. The third-order valence-corrected chi connectivity index (χ3v) is 3.84. The van der Waals surface area contributed by atoms with Crippen LogP contribution in [0.15, 0.2) is 48.7 Å². The normalized spacial score (nSPS) is 11.6. The number of ether oxygens (including phenoxy) is 2. The summed E-state index contributed by atoms with van der Waals surface area (Å²) in [6.45, 7) is 0. The first kappa shape index (κ1) is 16.7. The van der Waals surface area contributed by atoms with Crippen molar-refractivity contribution in [1.29, 1.82) is 5.26 Å². The molecule has 0 radical (unpaired) electrons. The molecule has 2 aromatic carbocycles. The minimum Gasteiger partial charge on any atom is -0.497 e. The Morgan fingerprint density at radius 3 is 2.72 bits per heavy atom. The number of nitrogens with zero attached hydrogens (tertiary/aromatic N) is 2. The average molecular weight is 355 g/mol. The SMILES string of the molecule is COc1ccc2c(Oc3ccc(NS(=O)O)c(C#N)c3)ccnc2c1. The Bertz CT molecular complexity index is 1000. The Balaban J connectivity index is 1.96. The van der Waals surface area contributed by atoms with Gasteiger partial charge in [0.15, 0.2) is 0 Å². The Morgan fingerprint density at radius 1 is 1.20 bits per heavy atom. The Hall–Kier alpha value is -3.15. The van der Waals surface area contributed by atoms with E-state index in [1.54, 1.807) is 37.6 Å². The number of benzene rings is 2. The molecule has 1 atom stereocenters. The summed E-state index contributed by atoms with van der Waals surface area (Å²) in [6.07, 6.45) is 1.62. The van der Waals surface area contributed by atoms with Crippen molar-refractivity contribution in [2.45, 2.75) is 0 Å². The number of methoxy groups -OCH3 is 1. The van der Waals surface area contributed by atoms with E-state index in [2.05, 4.69) is 9.71 Å². The van der Waals surface area contributed by atoms with Gasteiger partial charge in [-0.05, 0) is 30.3 Å². The van der Waals surface area contributed by atoms with Gasteiger partial charge in [-0.2, -0.15) is 5.26 Å². The number of aromatic nitrogens is 1. The third-order valence-electron chi connectivity index (χ3n) is 3.45. The first-order chi connectivity index (χ1) is 12.1. The molecule has 1 aromatic heterocycles. The van der Waals surface area contributed by atoms with E-state index in [0.717, 1.165) is 5.39 Å². The minimum absolute atomic E-state index is 0.194.